The Bertz CT molecular complexity index is 657. The van der Waals surface area contributed by atoms with Crippen LogP contribution in [0.5, 0.6) is 0 Å². The Morgan fingerprint density at radius 1 is 0.781 bits per heavy atom. The van der Waals surface area contributed by atoms with Crippen LogP contribution in [0.3, 0.4) is 0 Å². The highest BCUT2D eigenvalue weighted by Crippen LogP contribution is 2.69. The van der Waals surface area contributed by atoms with Crippen LogP contribution in [0.1, 0.15) is 119 Å². The molecular weight excluding hydrogens is 392 g/mol. The van der Waals surface area contributed by atoms with E-state index in [0.29, 0.717) is 22.7 Å². The van der Waals surface area contributed by atoms with Crippen molar-refractivity contribution in [2.75, 3.05) is 0 Å². The summed E-state index contributed by atoms with van der Waals surface area (Å²) in [7, 11) is 0. The predicted octanol–water partition coefficient (Wildman–Crippen LogP) is 7.47. The summed E-state index contributed by atoms with van der Waals surface area (Å²) in [5.74, 6) is 5.77. The fraction of sp³-hybridized carbons (Fsp3) is 1.00. The van der Waals surface area contributed by atoms with E-state index < -0.39 is 5.60 Å². The molecule has 4 unspecified atom stereocenters. The molecule has 2 nitrogen and oxygen atoms in total. The fourth-order valence-electron chi connectivity index (χ4n) is 9.74. The second kappa shape index (κ2) is 8.85. The van der Waals surface area contributed by atoms with Gasteiger partial charge in [-0.2, -0.15) is 0 Å². The van der Waals surface area contributed by atoms with Gasteiger partial charge in [-0.15, -0.1) is 0 Å². The number of rotatable bonds is 6. The van der Waals surface area contributed by atoms with Gasteiger partial charge in [-0.1, -0.05) is 48.5 Å². The van der Waals surface area contributed by atoms with E-state index in [1.54, 1.807) is 0 Å². The lowest BCUT2D eigenvalue weighted by Gasteiger charge is -2.62. The van der Waals surface area contributed by atoms with E-state index in [1.807, 2.05) is 0 Å². The normalized spacial score (nSPS) is 48.3. The van der Waals surface area contributed by atoms with Crippen LogP contribution in [0, 0.1) is 58.2 Å². The first-order valence-corrected chi connectivity index (χ1v) is 14.3. The molecular formula is C30H54O2. The summed E-state index contributed by atoms with van der Waals surface area (Å²) in [5.41, 5.74) is 0.547. The molecule has 0 aromatic carbocycles. The van der Waals surface area contributed by atoms with E-state index >= 15 is 0 Å². The molecule has 4 aliphatic rings. The summed E-state index contributed by atoms with van der Waals surface area (Å²) in [6.07, 6.45) is 13.8. The van der Waals surface area contributed by atoms with Crippen molar-refractivity contribution in [3.05, 3.63) is 0 Å². The van der Waals surface area contributed by atoms with Gasteiger partial charge in [-0.3, -0.25) is 0 Å². The molecule has 2 heteroatoms. The van der Waals surface area contributed by atoms with Gasteiger partial charge in [0.25, 0.3) is 0 Å². The lowest BCUT2D eigenvalue weighted by Crippen LogP contribution is -2.57. The van der Waals surface area contributed by atoms with E-state index in [2.05, 4.69) is 48.5 Å². The Kier molecular flexibility index (Phi) is 6.92. The molecule has 4 aliphatic carbocycles. The van der Waals surface area contributed by atoms with E-state index in [-0.39, 0.29) is 6.10 Å². The first-order chi connectivity index (χ1) is 14.9. The van der Waals surface area contributed by atoms with Gasteiger partial charge in [0.15, 0.2) is 0 Å². The molecule has 0 aliphatic heterocycles. The summed E-state index contributed by atoms with van der Waals surface area (Å²) in [6, 6.07) is 0. The Balaban J connectivity index is 1.46. The maximum atomic E-state index is 11.3. The van der Waals surface area contributed by atoms with Crippen molar-refractivity contribution in [2.24, 2.45) is 58.2 Å². The molecule has 186 valence electrons. The van der Waals surface area contributed by atoms with Crippen molar-refractivity contribution < 1.29 is 10.2 Å². The number of hydrogen-bond acceptors (Lipinski definition) is 2. The van der Waals surface area contributed by atoms with Gasteiger partial charge in [0.2, 0.25) is 0 Å². The van der Waals surface area contributed by atoms with Gasteiger partial charge >= 0.3 is 0 Å². The van der Waals surface area contributed by atoms with E-state index in [4.69, 9.17) is 0 Å². The van der Waals surface area contributed by atoms with E-state index in [0.717, 1.165) is 54.8 Å². The van der Waals surface area contributed by atoms with Crippen LogP contribution in [0.25, 0.3) is 0 Å². The van der Waals surface area contributed by atoms with Gasteiger partial charge in [-0.05, 0) is 129 Å². The van der Waals surface area contributed by atoms with Gasteiger partial charge in [0, 0.05) is 0 Å². The average molecular weight is 447 g/mol. The van der Waals surface area contributed by atoms with Crippen LogP contribution < -0.4 is 0 Å². The Morgan fingerprint density at radius 3 is 2.12 bits per heavy atom. The minimum absolute atomic E-state index is 0.135. The first kappa shape index (κ1) is 25.0. The lowest BCUT2D eigenvalue weighted by molar-refractivity contribution is -0.162. The maximum absolute atomic E-state index is 11.3. The van der Waals surface area contributed by atoms with Gasteiger partial charge < -0.3 is 10.2 Å². The molecule has 2 N–H and O–H groups in total. The number of aliphatic hydroxyl groups is 2. The third kappa shape index (κ3) is 4.02. The van der Waals surface area contributed by atoms with Crippen molar-refractivity contribution in [2.45, 2.75) is 131 Å². The highest BCUT2D eigenvalue weighted by molar-refractivity contribution is 5.11. The minimum Gasteiger partial charge on any atom is -0.393 e. The molecule has 0 spiro atoms. The van der Waals surface area contributed by atoms with Crippen LogP contribution in [0.4, 0.5) is 0 Å². The van der Waals surface area contributed by atoms with Crippen LogP contribution >= 0.6 is 0 Å². The molecule has 10 atom stereocenters. The molecule has 4 rings (SSSR count). The largest absolute Gasteiger partial charge is 0.393 e. The third-order valence-corrected chi connectivity index (χ3v) is 12.3. The van der Waals surface area contributed by atoms with Crippen molar-refractivity contribution in [3.8, 4) is 0 Å². The quantitative estimate of drug-likeness (QED) is 0.444. The number of fused-ring (bicyclic) bond motifs is 5. The molecule has 0 radical (unpaired) electrons. The zero-order valence-electron chi connectivity index (χ0n) is 22.4. The van der Waals surface area contributed by atoms with Crippen molar-refractivity contribution >= 4 is 0 Å². The molecule has 4 fully saturated rings. The lowest BCUT2D eigenvalue weighted by atomic mass is 9.43. The van der Waals surface area contributed by atoms with Gasteiger partial charge in [-0.25, -0.2) is 0 Å². The fourth-order valence-corrected chi connectivity index (χ4v) is 9.74. The van der Waals surface area contributed by atoms with Gasteiger partial charge in [0.05, 0.1) is 11.7 Å². The second-order valence-electron chi connectivity index (χ2n) is 14.2. The molecule has 32 heavy (non-hydrogen) atoms. The summed E-state index contributed by atoms with van der Waals surface area (Å²) in [5, 5.41) is 21.7. The highest BCUT2D eigenvalue weighted by Gasteiger charge is 2.61. The SMILES string of the molecule is CC(C)[C@H](O)CC[C@@H](C)C1CCC2[C@@H]3CCC4C[C@](O)(C(C)C)CC[C@]4(C)C3CC[C@@]21C. The Hall–Kier alpha value is -0.0800. The van der Waals surface area contributed by atoms with Crippen molar-refractivity contribution in [1.29, 1.82) is 0 Å². The van der Waals surface area contributed by atoms with Crippen molar-refractivity contribution in [1.82, 2.24) is 0 Å². The Morgan fingerprint density at radius 2 is 1.47 bits per heavy atom. The highest BCUT2D eigenvalue weighted by atomic mass is 16.3. The zero-order valence-corrected chi connectivity index (χ0v) is 22.4. The second-order valence-corrected chi connectivity index (χ2v) is 14.2. The predicted molar refractivity (Wildman–Crippen MR) is 134 cm³/mol. The molecule has 0 bridgehead atoms. The van der Waals surface area contributed by atoms with Crippen LogP contribution in [-0.2, 0) is 0 Å². The standard InChI is InChI=1S/C30H54O2/c1-19(2)27(31)13-8-21(5)24-11-12-25-23-10-9-22-18-30(32,20(3)4)17-16-28(22,6)26(23)14-15-29(24,25)7/h19-27,31-32H,8-18H2,1-7H3/t21-,22?,23+,24?,25?,26?,27-,28+,29-,30+/m1/s1. The van der Waals surface area contributed by atoms with Crippen LogP contribution in [-0.4, -0.2) is 21.9 Å². The molecule has 0 heterocycles. The molecule has 0 aromatic heterocycles. The maximum Gasteiger partial charge on any atom is 0.0673 e. The average Bonchev–Trinajstić information content (AvgIpc) is 3.09. The third-order valence-electron chi connectivity index (χ3n) is 12.3. The zero-order chi connectivity index (χ0) is 23.5. The van der Waals surface area contributed by atoms with Crippen molar-refractivity contribution in [3.63, 3.8) is 0 Å². The molecule has 4 saturated carbocycles. The molecule has 0 saturated heterocycles. The van der Waals surface area contributed by atoms with E-state index in [9.17, 15) is 10.2 Å². The Labute approximate surface area is 199 Å². The van der Waals surface area contributed by atoms with Crippen LogP contribution in [0.15, 0.2) is 0 Å². The van der Waals surface area contributed by atoms with Gasteiger partial charge in [0.1, 0.15) is 0 Å². The minimum atomic E-state index is -0.422. The summed E-state index contributed by atoms with van der Waals surface area (Å²) in [6.45, 7) is 16.5. The first-order valence-electron chi connectivity index (χ1n) is 14.3. The van der Waals surface area contributed by atoms with E-state index in [1.165, 1.54) is 51.4 Å². The molecule has 0 aromatic rings. The summed E-state index contributed by atoms with van der Waals surface area (Å²) in [4.78, 5) is 0. The van der Waals surface area contributed by atoms with Crippen LogP contribution in [0.2, 0.25) is 0 Å². The molecule has 0 amide bonds. The summed E-state index contributed by atoms with van der Waals surface area (Å²) >= 11 is 0. The monoisotopic (exact) mass is 446 g/mol. The number of aliphatic hydroxyl groups excluding tert-OH is 1. The smallest absolute Gasteiger partial charge is 0.0673 e. The topological polar surface area (TPSA) is 40.5 Å². The summed E-state index contributed by atoms with van der Waals surface area (Å²) < 4.78 is 0. The number of hydrogen-bond donors (Lipinski definition) is 2.